The molecule has 1 heterocycles. The van der Waals surface area contributed by atoms with Crippen LogP contribution >= 0.6 is 0 Å². The molecule has 1 rings (SSSR count). The van der Waals surface area contributed by atoms with Crippen LogP contribution in [0.15, 0.2) is 12.4 Å². The number of hydrogen-bond acceptors (Lipinski definition) is 0. The van der Waals surface area contributed by atoms with Crippen LogP contribution in [0, 0.1) is 0 Å². The van der Waals surface area contributed by atoms with Gasteiger partial charge < -0.3 is 0 Å². The summed E-state index contributed by atoms with van der Waals surface area (Å²) >= 11 is 0. The van der Waals surface area contributed by atoms with E-state index in [-0.39, 0.29) is 0 Å². The van der Waals surface area contributed by atoms with Gasteiger partial charge in [-0.2, -0.15) is 0 Å². The van der Waals surface area contributed by atoms with Crippen molar-refractivity contribution in [3.63, 3.8) is 0 Å². The molecule has 1 aromatic rings. The summed E-state index contributed by atoms with van der Waals surface area (Å²) in [5.74, 6) is 1.57. The van der Waals surface area contributed by atoms with Gasteiger partial charge >= 0.3 is 0 Å². The van der Waals surface area contributed by atoms with Crippen molar-refractivity contribution in [3.8, 4) is 0 Å². The van der Waals surface area contributed by atoms with Crippen molar-refractivity contribution in [2.24, 2.45) is 0 Å². The maximum atomic E-state index is 2.56. The molecule has 0 saturated heterocycles. The highest BCUT2D eigenvalue weighted by atomic mass is 15.1. The molecule has 0 amide bonds. The molecule has 0 spiro atoms. The Hall–Kier alpha value is -0.790. The van der Waals surface area contributed by atoms with E-state index in [4.69, 9.17) is 0 Å². The van der Waals surface area contributed by atoms with E-state index in [0.29, 0.717) is 0 Å². The second-order valence-electron chi connectivity index (χ2n) is 11.3. The summed E-state index contributed by atoms with van der Waals surface area (Å²) in [6.45, 7) is 9.36. The second kappa shape index (κ2) is 24.9. The van der Waals surface area contributed by atoms with Gasteiger partial charge in [-0.05, 0) is 32.1 Å². The van der Waals surface area contributed by atoms with Gasteiger partial charge in [-0.15, -0.1) is 0 Å². The summed E-state index contributed by atoms with van der Waals surface area (Å²) in [6, 6.07) is 0. The maximum absolute atomic E-state index is 2.56. The normalized spacial score (nSPS) is 11.5. The van der Waals surface area contributed by atoms with Gasteiger partial charge in [0.25, 0.3) is 5.82 Å². The lowest BCUT2D eigenvalue weighted by Gasteiger charge is -2.06. The Morgan fingerprint density at radius 1 is 0.486 bits per heavy atom. The molecule has 2 nitrogen and oxygen atoms in total. The highest BCUT2D eigenvalue weighted by Crippen LogP contribution is 2.14. The third kappa shape index (κ3) is 18.2. The Labute approximate surface area is 221 Å². The van der Waals surface area contributed by atoms with Crippen LogP contribution in [0.4, 0.5) is 0 Å². The average Bonchev–Trinajstić information content (AvgIpc) is 3.24. The minimum Gasteiger partial charge on any atom is -0.234 e. The number of aryl methyl sites for hydroxylation is 2. The number of imidazole rings is 1. The summed E-state index contributed by atoms with van der Waals surface area (Å²) in [6.07, 6.45) is 40.1. The Kier molecular flexibility index (Phi) is 22.9. The van der Waals surface area contributed by atoms with E-state index >= 15 is 0 Å². The molecule has 0 aliphatic heterocycles. The van der Waals surface area contributed by atoms with E-state index in [1.807, 2.05) is 0 Å². The number of unbranched alkanes of at least 4 members (excludes halogenated alkanes) is 21. The third-order valence-corrected chi connectivity index (χ3v) is 7.82. The van der Waals surface area contributed by atoms with Gasteiger partial charge in [-0.3, -0.25) is 0 Å². The minimum atomic E-state index is 1.22. The highest BCUT2D eigenvalue weighted by molar-refractivity contribution is 4.84. The lowest BCUT2D eigenvalue weighted by molar-refractivity contribution is -0.704. The smallest absolute Gasteiger partial charge is 0.234 e. The molecule has 0 N–H and O–H groups in total. The summed E-state index contributed by atoms with van der Waals surface area (Å²) in [7, 11) is 0. The van der Waals surface area contributed by atoms with Gasteiger partial charge in [0.1, 0.15) is 12.4 Å². The fourth-order valence-corrected chi connectivity index (χ4v) is 5.49. The molecule has 0 bridgehead atoms. The van der Waals surface area contributed by atoms with Crippen LogP contribution in [0.25, 0.3) is 0 Å². The standard InChI is InChI=1S/C33H65N2/c1-4-7-9-11-13-14-15-16-17-18-19-20-21-22-23-25-27-30-35-32-31-34(33(35)28-6-3)29-26-24-12-10-8-5-2/h31-32H,4-30H2,1-3H3/q+1. The number of hydrogen-bond donors (Lipinski definition) is 0. The minimum absolute atomic E-state index is 1.22. The summed E-state index contributed by atoms with van der Waals surface area (Å²) < 4.78 is 5.11. The third-order valence-electron chi connectivity index (χ3n) is 7.82. The maximum Gasteiger partial charge on any atom is 0.256 e. The quantitative estimate of drug-likeness (QED) is 0.0858. The molecular formula is C33H65N2+. The summed E-state index contributed by atoms with van der Waals surface area (Å²) in [5.41, 5.74) is 0. The first kappa shape index (κ1) is 32.2. The molecular weight excluding hydrogens is 424 g/mol. The van der Waals surface area contributed by atoms with Crippen molar-refractivity contribution in [1.82, 2.24) is 4.57 Å². The zero-order chi connectivity index (χ0) is 25.2. The zero-order valence-electron chi connectivity index (χ0n) is 24.6. The van der Waals surface area contributed by atoms with E-state index < -0.39 is 0 Å². The summed E-state index contributed by atoms with van der Waals surface area (Å²) in [5, 5.41) is 0. The SMILES string of the molecule is CCCCCCCCCCCCCCCCCCC[n+]1ccn(CCCCCCCC)c1CCC. The van der Waals surface area contributed by atoms with E-state index in [1.54, 1.807) is 5.82 Å². The second-order valence-corrected chi connectivity index (χ2v) is 11.3. The van der Waals surface area contributed by atoms with Crippen molar-refractivity contribution in [2.75, 3.05) is 0 Å². The summed E-state index contributed by atoms with van der Waals surface area (Å²) in [4.78, 5) is 0. The topological polar surface area (TPSA) is 8.81 Å². The highest BCUT2D eigenvalue weighted by Gasteiger charge is 2.15. The number of nitrogens with zero attached hydrogens (tertiary/aromatic N) is 2. The zero-order valence-corrected chi connectivity index (χ0v) is 24.6. The van der Waals surface area contributed by atoms with Crippen LogP contribution in [0.1, 0.15) is 181 Å². The van der Waals surface area contributed by atoms with Crippen LogP contribution in [0.2, 0.25) is 0 Å². The molecule has 2 heteroatoms. The van der Waals surface area contributed by atoms with Crippen molar-refractivity contribution >= 4 is 0 Å². The van der Waals surface area contributed by atoms with Gasteiger partial charge in [0, 0.05) is 6.42 Å². The van der Waals surface area contributed by atoms with E-state index in [0.717, 1.165) is 0 Å². The molecule has 0 saturated carbocycles. The van der Waals surface area contributed by atoms with E-state index in [1.165, 1.54) is 174 Å². The first-order chi connectivity index (χ1) is 17.3. The Morgan fingerprint density at radius 2 is 0.886 bits per heavy atom. The van der Waals surface area contributed by atoms with Gasteiger partial charge in [0.2, 0.25) is 0 Å². The average molecular weight is 490 g/mol. The number of aromatic nitrogens is 2. The molecule has 0 aromatic carbocycles. The van der Waals surface area contributed by atoms with Crippen LogP contribution in [-0.2, 0) is 19.5 Å². The first-order valence-electron chi connectivity index (χ1n) is 16.4. The largest absolute Gasteiger partial charge is 0.256 e. The van der Waals surface area contributed by atoms with Gasteiger partial charge in [-0.25, -0.2) is 9.13 Å². The molecule has 0 fully saturated rings. The monoisotopic (exact) mass is 490 g/mol. The molecule has 35 heavy (non-hydrogen) atoms. The lowest BCUT2D eigenvalue weighted by atomic mass is 10.0. The Morgan fingerprint density at radius 3 is 1.31 bits per heavy atom. The lowest BCUT2D eigenvalue weighted by Crippen LogP contribution is -2.37. The molecule has 206 valence electrons. The van der Waals surface area contributed by atoms with Crippen molar-refractivity contribution in [2.45, 2.75) is 194 Å². The van der Waals surface area contributed by atoms with Crippen LogP contribution in [-0.4, -0.2) is 4.57 Å². The molecule has 0 atom stereocenters. The first-order valence-corrected chi connectivity index (χ1v) is 16.4. The Bertz CT molecular complexity index is 547. The van der Waals surface area contributed by atoms with E-state index in [2.05, 4.69) is 42.3 Å². The van der Waals surface area contributed by atoms with Gasteiger partial charge in [0.05, 0.1) is 13.1 Å². The fraction of sp³-hybridized carbons (Fsp3) is 0.909. The molecule has 0 radical (unpaired) electrons. The van der Waals surface area contributed by atoms with Crippen molar-refractivity contribution in [3.05, 3.63) is 18.2 Å². The predicted molar refractivity (Wildman–Crippen MR) is 156 cm³/mol. The number of rotatable bonds is 27. The van der Waals surface area contributed by atoms with Crippen LogP contribution in [0.3, 0.4) is 0 Å². The molecule has 0 aliphatic rings. The van der Waals surface area contributed by atoms with Crippen LogP contribution < -0.4 is 4.57 Å². The van der Waals surface area contributed by atoms with E-state index in [9.17, 15) is 0 Å². The molecule has 0 aliphatic carbocycles. The molecule has 1 aromatic heterocycles. The molecule has 0 unspecified atom stereocenters. The fourth-order valence-electron chi connectivity index (χ4n) is 5.49. The Balaban J connectivity index is 1.98. The van der Waals surface area contributed by atoms with Crippen molar-refractivity contribution < 1.29 is 4.57 Å². The van der Waals surface area contributed by atoms with Crippen LogP contribution in [0.5, 0.6) is 0 Å². The van der Waals surface area contributed by atoms with Gasteiger partial charge in [0.15, 0.2) is 0 Å². The predicted octanol–water partition coefficient (Wildman–Crippen LogP) is 10.7. The van der Waals surface area contributed by atoms with Crippen molar-refractivity contribution in [1.29, 1.82) is 0 Å². The van der Waals surface area contributed by atoms with Gasteiger partial charge in [-0.1, -0.05) is 143 Å².